The van der Waals surface area contributed by atoms with Crippen LogP contribution >= 0.6 is 0 Å². The van der Waals surface area contributed by atoms with Gasteiger partial charge in [-0.15, -0.1) is 0 Å². The predicted octanol–water partition coefficient (Wildman–Crippen LogP) is 3.08. The molecule has 0 saturated carbocycles. The Hall–Kier alpha value is -1.22. The third-order valence-electron chi connectivity index (χ3n) is 2.00. The highest BCUT2D eigenvalue weighted by molar-refractivity contribution is 7.87. The van der Waals surface area contributed by atoms with Gasteiger partial charge in [0, 0.05) is 0 Å². The van der Waals surface area contributed by atoms with Gasteiger partial charge in [0.1, 0.15) is 6.42 Å². The third-order valence-corrected chi connectivity index (χ3v) is 3.30. The Bertz CT molecular complexity index is 510. The SMILES string of the molecule is O=S(=O)(OCc1ccccc1)C(F)(F)CC(F)(F)F. The molecule has 0 N–H and O–H groups in total. The summed E-state index contributed by atoms with van der Waals surface area (Å²) < 4.78 is 87.5. The molecule has 0 heterocycles. The van der Waals surface area contributed by atoms with E-state index in [1.54, 1.807) is 6.07 Å². The van der Waals surface area contributed by atoms with Gasteiger partial charge in [0.2, 0.25) is 0 Å². The lowest BCUT2D eigenvalue weighted by Gasteiger charge is -2.18. The van der Waals surface area contributed by atoms with Crippen LogP contribution in [0.25, 0.3) is 0 Å². The minimum absolute atomic E-state index is 0.244. The fourth-order valence-corrected chi connectivity index (χ4v) is 1.93. The molecule has 0 bridgehead atoms. The van der Waals surface area contributed by atoms with Crippen molar-refractivity contribution in [1.29, 1.82) is 0 Å². The maximum atomic E-state index is 13.0. The summed E-state index contributed by atoms with van der Waals surface area (Å²) in [6.07, 6.45) is -8.09. The molecule has 19 heavy (non-hydrogen) atoms. The molecule has 1 rings (SSSR count). The molecule has 0 radical (unpaired) electrons. The highest BCUT2D eigenvalue weighted by atomic mass is 32.2. The van der Waals surface area contributed by atoms with E-state index < -0.39 is 34.6 Å². The molecule has 0 unspecified atom stereocenters. The second-order valence-electron chi connectivity index (χ2n) is 3.63. The molecule has 0 aliphatic heterocycles. The number of halogens is 5. The van der Waals surface area contributed by atoms with E-state index in [4.69, 9.17) is 0 Å². The van der Waals surface area contributed by atoms with Gasteiger partial charge in [-0.1, -0.05) is 30.3 Å². The summed E-state index contributed by atoms with van der Waals surface area (Å²) in [6.45, 7) is -0.753. The van der Waals surface area contributed by atoms with Crippen LogP contribution in [0.4, 0.5) is 22.0 Å². The van der Waals surface area contributed by atoms with Crippen LogP contribution in [0.1, 0.15) is 12.0 Å². The van der Waals surface area contributed by atoms with Crippen molar-refractivity contribution in [2.45, 2.75) is 24.5 Å². The van der Waals surface area contributed by atoms with E-state index in [0.29, 0.717) is 0 Å². The van der Waals surface area contributed by atoms with Gasteiger partial charge in [0.15, 0.2) is 0 Å². The number of benzene rings is 1. The van der Waals surface area contributed by atoms with Gasteiger partial charge in [-0.3, -0.25) is 4.18 Å². The van der Waals surface area contributed by atoms with Crippen molar-refractivity contribution >= 4 is 10.1 Å². The molecular formula is C10H9F5O3S. The van der Waals surface area contributed by atoms with E-state index in [9.17, 15) is 30.4 Å². The standard InChI is InChI=1S/C10H9F5O3S/c11-9(12,13)7-10(14,15)19(16,17)18-6-8-4-2-1-3-5-8/h1-5H,6-7H2. The summed E-state index contributed by atoms with van der Waals surface area (Å²) in [4.78, 5) is 0. The maximum absolute atomic E-state index is 13.0. The van der Waals surface area contributed by atoms with Gasteiger partial charge in [0.25, 0.3) is 0 Å². The first-order valence-electron chi connectivity index (χ1n) is 4.91. The molecule has 0 aliphatic rings. The Morgan fingerprint density at radius 1 is 1.00 bits per heavy atom. The van der Waals surface area contributed by atoms with Gasteiger partial charge in [-0.05, 0) is 5.56 Å². The molecule has 1 aromatic carbocycles. The summed E-state index contributed by atoms with van der Waals surface area (Å²) in [5.74, 6) is 0. The molecule has 0 aromatic heterocycles. The van der Waals surface area contributed by atoms with Gasteiger partial charge < -0.3 is 0 Å². The van der Waals surface area contributed by atoms with Crippen molar-refractivity contribution in [3.05, 3.63) is 35.9 Å². The average Bonchev–Trinajstić information content (AvgIpc) is 2.24. The number of hydrogen-bond acceptors (Lipinski definition) is 3. The number of alkyl halides is 5. The zero-order valence-electron chi connectivity index (χ0n) is 9.32. The molecular weight excluding hydrogens is 295 g/mol. The smallest absolute Gasteiger partial charge is 0.261 e. The molecule has 0 aliphatic carbocycles. The van der Waals surface area contributed by atoms with Gasteiger partial charge in [-0.25, -0.2) is 0 Å². The number of rotatable bonds is 5. The van der Waals surface area contributed by atoms with E-state index in [1.165, 1.54) is 24.3 Å². The van der Waals surface area contributed by atoms with E-state index in [2.05, 4.69) is 4.18 Å². The normalized spacial score (nSPS) is 13.5. The van der Waals surface area contributed by atoms with Crippen LogP contribution in [0.5, 0.6) is 0 Å². The van der Waals surface area contributed by atoms with Gasteiger partial charge >= 0.3 is 21.5 Å². The first-order chi connectivity index (χ1) is 8.54. The molecule has 3 nitrogen and oxygen atoms in total. The maximum Gasteiger partial charge on any atom is 0.396 e. The molecule has 9 heteroatoms. The van der Waals surface area contributed by atoms with Crippen molar-refractivity contribution in [1.82, 2.24) is 0 Å². The quantitative estimate of drug-likeness (QED) is 0.620. The lowest BCUT2D eigenvalue weighted by molar-refractivity contribution is -0.168. The fourth-order valence-electron chi connectivity index (χ4n) is 1.13. The summed E-state index contributed by atoms with van der Waals surface area (Å²) >= 11 is 0. The highest BCUT2D eigenvalue weighted by Gasteiger charge is 2.54. The van der Waals surface area contributed by atoms with Crippen molar-refractivity contribution in [3.63, 3.8) is 0 Å². The molecule has 0 amide bonds. The van der Waals surface area contributed by atoms with E-state index in [-0.39, 0.29) is 5.56 Å². The second-order valence-corrected chi connectivity index (χ2v) is 5.37. The van der Waals surface area contributed by atoms with E-state index in [0.717, 1.165) is 0 Å². The van der Waals surface area contributed by atoms with E-state index >= 15 is 0 Å². The zero-order valence-corrected chi connectivity index (χ0v) is 10.1. The topological polar surface area (TPSA) is 43.4 Å². The van der Waals surface area contributed by atoms with Gasteiger partial charge in [0.05, 0.1) is 6.61 Å². The van der Waals surface area contributed by atoms with Crippen molar-refractivity contribution in [2.75, 3.05) is 0 Å². The third kappa shape index (κ3) is 4.75. The van der Waals surface area contributed by atoms with Crippen LogP contribution < -0.4 is 0 Å². The lowest BCUT2D eigenvalue weighted by Crippen LogP contribution is -2.35. The van der Waals surface area contributed by atoms with Crippen LogP contribution in [0, 0.1) is 0 Å². The summed E-state index contributed by atoms with van der Waals surface area (Å²) in [5, 5.41) is -5.01. The Morgan fingerprint density at radius 2 is 1.53 bits per heavy atom. The zero-order chi connectivity index (χ0) is 14.7. The Kier molecular flexibility index (Phi) is 4.51. The summed E-state index contributed by atoms with van der Waals surface area (Å²) in [5.41, 5.74) is 0.244. The first-order valence-corrected chi connectivity index (χ1v) is 6.32. The van der Waals surface area contributed by atoms with Crippen molar-refractivity contribution in [3.8, 4) is 0 Å². The van der Waals surface area contributed by atoms with E-state index in [1.807, 2.05) is 0 Å². The molecule has 0 atom stereocenters. The van der Waals surface area contributed by atoms with Crippen LogP contribution in [0.2, 0.25) is 0 Å². The molecule has 1 aromatic rings. The Morgan fingerprint density at radius 3 is 2.00 bits per heavy atom. The largest absolute Gasteiger partial charge is 0.396 e. The molecule has 0 fully saturated rings. The van der Waals surface area contributed by atoms with Crippen LogP contribution in [-0.2, 0) is 20.9 Å². The van der Waals surface area contributed by atoms with Crippen molar-refractivity contribution < 1.29 is 34.6 Å². The Labute approximate surface area is 106 Å². The van der Waals surface area contributed by atoms with Crippen LogP contribution in [0.3, 0.4) is 0 Å². The summed E-state index contributed by atoms with van der Waals surface area (Å²) in [7, 11) is -5.64. The average molecular weight is 304 g/mol. The minimum Gasteiger partial charge on any atom is -0.261 e. The fraction of sp³-hybridized carbons (Fsp3) is 0.400. The predicted molar refractivity (Wildman–Crippen MR) is 55.8 cm³/mol. The van der Waals surface area contributed by atoms with Crippen LogP contribution in [0.15, 0.2) is 30.3 Å². The summed E-state index contributed by atoms with van der Waals surface area (Å²) in [6, 6.07) is 7.36. The van der Waals surface area contributed by atoms with Crippen LogP contribution in [-0.4, -0.2) is 19.8 Å². The second kappa shape index (κ2) is 5.41. The first kappa shape index (κ1) is 15.8. The van der Waals surface area contributed by atoms with Gasteiger partial charge in [-0.2, -0.15) is 30.4 Å². The molecule has 108 valence electrons. The number of hydrogen-bond donors (Lipinski definition) is 0. The lowest BCUT2D eigenvalue weighted by atomic mass is 10.2. The highest BCUT2D eigenvalue weighted by Crippen LogP contribution is 2.36. The monoisotopic (exact) mass is 304 g/mol. The Balaban J connectivity index is 2.75. The minimum atomic E-state index is -5.64. The molecule has 0 spiro atoms. The molecule has 0 saturated heterocycles. The van der Waals surface area contributed by atoms with Crippen molar-refractivity contribution in [2.24, 2.45) is 0 Å².